The summed E-state index contributed by atoms with van der Waals surface area (Å²) >= 11 is 7.72. The second-order valence-corrected chi connectivity index (χ2v) is 17.0. The van der Waals surface area contributed by atoms with Crippen molar-refractivity contribution in [2.24, 2.45) is 52.3 Å². The van der Waals surface area contributed by atoms with Crippen LogP contribution in [-0.2, 0) is 23.9 Å². The molecular weight excluding hydrogens is 598 g/mol. The molecule has 4 fully saturated rings. The van der Waals surface area contributed by atoms with E-state index in [4.69, 9.17) is 21.4 Å². The predicted octanol–water partition coefficient (Wildman–Crippen LogP) is 7.86. The van der Waals surface area contributed by atoms with Crippen LogP contribution in [0.3, 0.4) is 0 Å². The molecule has 4 aliphatic carbocycles. The van der Waals surface area contributed by atoms with Crippen LogP contribution in [0, 0.1) is 52.3 Å². The van der Waals surface area contributed by atoms with Crippen LogP contribution >= 0.6 is 22.9 Å². The molecule has 1 aromatic heterocycles. The van der Waals surface area contributed by atoms with Crippen LogP contribution in [0.4, 0.5) is 0 Å². The number of carbonyl (C=O) groups is 4. The molecule has 7 nitrogen and oxygen atoms in total. The highest BCUT2D eigenvalue weighted by atomic mass is 35.5. The van der Waals surface area contributed by atoms with Gasteiger partial charge in [0.05, 0.1) is 23.2 Å². The Bertz CT molecular complexity index is 1260. The molecule has 44 heavy (non-hydrogen) atoms. The first-order valence-electron chi connectivity index (χ1n) is 16.7. The summed E-state index contributed by atoms with van der Waals surface area (Å²) in [6.07, 6.45) is 6.77. The summed E-state index contributed by atoms with van der Waals surface area (Å²) in [6.45, 7) is 11.2. The number of fused-ring (bicyclic) bond motifs is 5. The zero-order valence-corrected chi connectivity index (χ0v) is 28.5. The van der Waals surface area contributed by atoms with E-state index in [0.29, 0.717) is 49.2 Å². The fourth-order valence-electron chi connectivity index (χ4n) is 10.3. The number of esters is 1. The molecule has 2 N–H and O–H groups in total. The normalized spacial score (nSPS) is 36.1. The number of carboxylic acid groups (broad SMARTS) is 1. The Hall–Kier alpha value is -1.93. The van der Waals surface area contributed by atoms with Gasteiger partial charge in [0.15, 0.2) is 0 Å². The lowest BCUT2D eigenvalue weighted by molar-refractivity contribution is -0.191. The van der Waals surface area contributed by atoms with Gasteiger partial charge in [0.2, 0.25) is 5.91 Å². The highest BCUT2D eigenvalue weighted by molar-refractivity contribution is 7.16. The monoisotopic (exact) mass is 647 g/mol. The Morgan fingerprint density at radius 3 is 2.45 bits per heavy atom. The number of halogens is 1. The van der Waals surface area contributed by atoms with Gasteiger partial charge in [0.25, 0.3) is 0 Å². The number of carboxylic acids is 1. The minimum Gasteiger partial charge on any atom is -0.481 e. The molecule has 0 unspecified atom stereocenters. The van der Waals surface area contributed by atoms with E-state index in [2.05, 4.69) is 39.9 Å². The molecule has 1 heterocycles. The van der Waals surface area contributed by atoms with Crippen molar-refractivity contribution in [3.8, 4) is 0 Å². The van der Waals surface area contributed by atoms with E-state index in [9.17, 15) is 19.2 Å². The lowest BCUT2D eigenvalue weighted by atomic mass is 9.43. The highest BCUT2D eigenvalue weighted by Gasteiger charge is 2.64. The van der Waals surface area contributed by atoms with Gasteiger partial charge >= 0.3 is 11.9 Å². The van der Waals surface area contributed by atoms with E-state index in [-0.39, 0.29) is 65.4 Å². The fraction of sp³-hybridized carbons (Fsp3) is 0.771. The minimum absolute atomic E-state index is 0.0268. The Morgan fingerprint density at radius 1 is 1.07 bits per heavy atom. The summed E-state index contributed by atoms with van der Waals surface area (Å²) in [5.74, 6) is 0.878. The molecule has 10 atom stereocenters. The van der Waals surface area contributed by atoms with E-state index >= 15 is 0 Å². The SMILES string of the molecule is CC(C)[C@@H](NC(=O)C[C@@H](C)[C@H]1CC[C@H]2[C@@H]3[C@H](OC(=O)CCC(=O)O)C[C@@H]4CC(=O)CC[C@]4(C)[C@H]3CC[C@]12C)c1ccc(Cl)s1. The summed E-state index contributed by atoms with van der Waals surface area (Å²) in [6, 6.07) is 3.83. The van der Waals surface area contributed by atoms with Crippen molar-refractivity contribution in [2.45, 2.75) is 117 Å². The Balaban J connectivity index is 1.33. The first-order chi connectivity index (χ1) is 20.7. The fourth-order valence-corrected chi connectivity index (χ4v) is 11.5. The van der Waals surface area contributed by atoms with Crippen molar-refractivity contribution in [1.82, 2.24) is 5.32 Å². The Morgan fingerprint density at radius 2 is 1.80 bits per heavy atom. The van der Waals surface area contributed by atoms with Crippen molar-refractivity contribution < 1.29 is 29.0 Å². The van der Waals surface area contributed by atoms with E-state index in [1.807, 2.05) is 12.1 Å². The molecule has 0 aromatic carbocycles. The third-order valence-electron chi connectivity index (χ3n) is 12.5. The smallest absolute Gasteiger partial charge is 0.306 e. The number of carbonyl (C=O) groups excluding carboxylic acids is 3. The Kier molecular flexibility index (Phi) is 9.92. The number of hydrogen-bond acceptors (Lipinski definition) is 6. The molecule has 4 aliphatic rings. The van der Waals surface area contributed by atoms with Gasteiger partial charge < -0.3 is 15.2 Å². The van der Waals surface area contributed by atoms with E-state index < -0.39 is 11.9 Å². The molecule has 0 spiro atoms. The van der Waals surface area contributed by atoms with Crippen LogP contribution in [0.1, 0.15) is 116 Å². The second-order valence-electron chi connectivity index (χ2n) is 15.2. The summed E-state index contributed by atoms with van der Waals surface area (Å²) < 4.78 is 6.90. The van der Waals surface area contributed by atoms with Crippen LogP contribution in [0.15, 0.2) is 12.1 Å². The van der Waals surface area contributed by atoms with Gasteiger partial charge in [-0.2, -0.15) is 0 Å². The summed E-state index contributed by atoms with van der Waals surface area (Å²) in [5, 5.41) is 12.4. The topological polar surface area (TPSA) is 110 Å². The first kappa shape index (κ1) is 33.4. The average molecular weight is 648 g/mol. The Labute approximate surface area is 271 Å². The molecule has 1 amide bonds. The number of ketones is 1. The first-order valence-corrected chi connectivity index (χ1v) is 17.9. The third kappa shape index (κ3) is 6.49. The number of Topliss-reactive ketones (excluding diaryl/α,β-unsaturated/α-hetero) is 1. The maximum Gasteiger partial charge on any atom is 0.306 e. The predicted molar refractivity (Wildman–Crippen MR) is 171 cm³/mol. The van der Waals surface area contributed by atoms with Gasteiger partial charge in [0, 0.05) is 30.1 Å². The van der Waals surface area contributed by atoms with Gasteiger partial charge in [-0.15, -0.1) is 11.3 Å². The number of nitrogens with one attached hydrogen (secondary N) is 1. The zero-order chi connectivity index (χ0) is 32.0. The van der Waals surface area contributed by atoms with Crippen LogP contribution in [0.25, 0.3) is 0 Å². The lowest BCUT2D eigenvalue weighted by Crippen LogP contribution is -2.59. The maximum absolute atomic E-state index is 13.4. The number of aliphatic carboxylic acids is 1. The third-order valence-corrected chi connectivity index (χ3v) is 13.8. The van der Waals surface area contributed by atoms with E-state index in [1.165, 1.54) is 11.3 Å². The van der Waals surface area contributed by atoms with Crippen LogP contribution in [-0.4, -0.2) is 34.8 Å². The molecule has 0 saturated heterocycles. The number of thiophene rings is 1. The largest absolute Gasteiger partial charge is 0.481 e. The average Bonchev–Trinajstić information content (AvgIpc) is 3.53. The lowest BCUT2D eigenvalue weighted by Gasteiger charge is -2.62. The number of hydrogen-bond donors (Lipinski definition) is 2. The molecule has 4 saturated carbocycles. The second kappa shape index (κ2) is 13.1. The van der Waals surface area contributed by atoms with E-state index in [0.717, 1.165) is 41.3 Å². The van der Waals surface area contributed by atoms with Crippen molar-refractivity contribution in [2.75, 3.05) is 0 Å². The molecule has 5 rings (SSSR count). The van der Waals surface area contributed by atoms with Crippen molar-refractivity contribution in [1.29, 1.82) is 0 Å². The summed E-state index contributed by atoms with van der Waals surface area (Å²) in [4.78, 5) is 51.1. The van der Waals surface area contributed by atoms with Crippen molar-refractivity contribution in [3.63, 3.8) is 0 Å². The summed E-state index contributed by atoms with van der Waals surface area (Å²) in [5.41, 5.74) is 0.0724. The van der Waals surface area contributed by atoms with Gasteiger partial charge in [-0.1, -0.05) is 46.2 Å². The molecule has 0 bridgehead atoms. The van der Waals surface area contributed by atoms with Crippen molar-refractivity contribution in [3.05, 3.63) is 21.3 Å². The zero-order valence-electron chi connectivity index (χ0n) is 26.9. The number of rotatable bonds is 10. The van der Waals surface area contributed by atoms with Gasteiger partial charge in [0.1, 0.15) is 11.9 Å². The molecule has 244 valence electrons. The van der Waals surface area contributed by atoms with Crippen LogP contribution < -0.4 is 5.32 Å². The molecule has 0 aliphatic heterocycles. The van der Waals surface area contributed by atoms with Crippen molar-refractivity contribution >= 4 is 46.6 Å². The molecule has 0 radical (unpaired) electrons. The molecule has 9 heteroatoms. The van der Waals surface area contributed by atoms with E-state index in [1.54, 1.807) is 0 Å². The van der Waals surface area contributed by atoms with Gasteiger partial charge in [-0.3, -0.25) is 19.2 Å². The number of amides is 1. The molecule has 1 aromatic rings. The summed E-state index contributed by atoms with van der Waals surface area (Å²) in [7, 11) is 0. The standard InChI is InChI=1S/C35H50ClNO6S/c1-19(2)33(27-8-9-28(36)44-27)37-29(39)16-20(3)23-6-7-24-32-25(13-15-35(23,24)5)34(4)14-12-22(38)17-21(34)18-26(32)43-31(42)11-10-30(40)41/h8-9,19-21,23-26,32-33H,6-7,10-18H2,1-5H3,(H,37,39)(H,40,41)/t20-,21+,23-,24+,25+,26-,32+,33-,34+,35-/m1/s1. The van der Waals surface area contributed by atoms with Crippen LogP contribution in [0.2, 0.25) is 4.34 Å². The number of ether oxygens (including phenoxy) is 1. The maximum atomic E-state index is 13.4. The minimum atomic E-state index is -1.00. The molecular formula is C35H50ClNO6S. The highest BCUT2D eigenvalue weighted by Crippen LogP contribution is 2.68. The van der Waals surface area contributed by atoms with Gasteiger partial charge in [-0.05, 0) is 97.0 Å². The van der Waals surface area contributed by atoms with Gasteiger partial charge in [-0.25, -0.2) is 0 Å². The van der Waals surface area contributed by atoms with Crippen LogP contribution in [0.5, 0.6) is 0 Å². The quantitative estimate of drug-likeness (QED) is 0.250.